The zero-order valence-corrected chi connectivity index (χ0v) is 12.7. The minimum absolute atomic E-state index is 0.597. The van der Waals surface area contributed by atoms with E-state index in [1.54, 1.807) is 11.3 Å². The lowest BCUT2D eigenvalue weighted by atomic mass is 10.1. The summed E-state index contributed by atoms with van der Waals surface area (Å²) in [7, 11) is 0. The van der Waals surface area contributed by atoms with Crippen LogP contribution in [-0.4, -0.2) is 0 Å². The second-order valence-corrected chi connectivity index (χ2v) is 6.24. The van der Waals surface area contributed by atoms with Gasteiger partial charge in [-0.25, -0.2) is 0 Å². The van der Waals surface area contributed by atoms with Gasteiger partial charge in [-0.3, -0.25) is 0 Å². The quantitative estimate of drug-likeness (QED) is 0.735. The van der Waals surface area contributed by atoms with Crippen LogP contribution in [0.3, 0.4) is 0 Å². The normalized spacial score (nSPS) is 10.6. The molecule has 0 aliphatic heterocycles. The summed E-state index contributed by atoms with van der Waals surface area (Å²) >= 11 is 11.1. The van der Waals surface area contributed by atoms with Crippen LogP contribution in [0.5, 0.6) is 5.75 Å². The molecular formula is C13H12BrClOS. The largest absolute Gasteiger partial charge is 0.488 e. The Kier molecular flexibility index (Phi) is 4.13. The van der Waals surface area contributed by atoms with Gasteiger partial charge in [0.05, 0.1) is 0 Å². The third kappa shape index (κ3) is 3.24. The molecule has 0 fully saturated rings. The fourth-order valence-electron chi connectivity index (χ4n) is 1.70. The Morgan fingerprint density at radius 1 is 1.24 bits per heavy atom. The van der Waals surface area contributed by atoms with Gasteiger partial charge in [0.1, 0.15) is 12.4 Å². The first-order chi connectivity index (χ1) is 8.06. The molecule has 0 radical (unpaired) electrons. The maximum absolute atomic E-state index is 5.98. The van der Waals surface area contributed by atoms with Crippen LogP contribution in [0.15, 0.2) is 28.1 Å². The molecule has 0 unspecified atom stereocenters. The van der Waals surface area contributed by atoms with E-state index in [2.05, 4.69) is 27.4 Å². The standard InChI is InChI=1S/C13H12BrClOS/c1-8-3-11(15)4-9(2)13(8)16-6-12-5-10(14)7-17-12/h3-5,7H,6H2,1-2H3. The molecule has 0 atom stereocenters. The van der Waals surface area contributed by atoms with Gasteiger partial charge in [-0.1, -0.05) is 11.6 Å². The lowest BCUT2D eigenvalue weighted by molar-refractivity contribution is 0.305. The van der Waals surface area contributed by atoms with Crippen molar-refractivity contribution in [2.75, 3.05) is 0 Å². The van der Waals surface area contributed by atoms with Crippen molar-refractivity contribution >= 4 is 38.9 Å². The zero-order valence-electron chi connectivity index (χ0n) is 9.59. The average Bonchev–Trinajstić information content (AvgIpc) is 2.62. The third-order valence-electron chi connectivity index (χ3n) is 2.41. The zero-order chi connectivity index (χ0) is 12.4. The van der Waals surface area contributed by atoms with Gasteiger partial charge in [-0.15, -0.1) is 11.3 Å². The van der Waals surface area contributed by atoms with Crippen LogP contribution >= 0.6 is 38.9 Å². The van der Waals surface area contributed by atoms with Crippen LogP contribution in [0.2, 0.25) is 5.02 Å². The minimum Gasteiger partial charge on any atom is -0.488 e. The van der Waals surface area contributed by atoms with Gasteiger partial charge in [0.25, 0.3) is 0 Å². The number of hydrogen-bond donors (Lipinski definition) is 0. The number of benzene rings is 1. The fraction of sp³-hybridized carbons (Fsp3) is 0.231. The molecule has 2 rings (SSSR count). The first-order valence-electron chi connectivity index (χ1n) is 5.18. The van der Waals surface area contributed by atoms with Crippen LogP contribution < -0.4 is 4.74 Å². The summed E-state index contributed by atoms with van der Waals surface area (Å²) in [4.78, 5) is 1.20. The first-order valence-corrected chi connectivity index (χ1v) is 7.24. The number of aryl methyl sites for hydroxylation is 2. The van der Waals surface area contributed by atoms with Crippen molar-refractivity contribution in [3.63, 3.8) is 0 Å². The summed E-state index contributed by atoms with van der Waals surface area (Å²) in [6, 6.07) is 5.92. The topological polar surface area (TPSA) is 9.23 Å². The van der Waals surface area contributed by atoms with Crippen molar-refractivity contribution in [2.45, 2.75) is 20.5 Å². The predicted octanol–water partition coefficient (Wildman–Crippen LogP) is 5.36. The van der Waals surface area contributed by atoms with E-state index in [-0.39, 0.29) is 0 Å². The summed E-state index contributed by atoms with van der Waals surface area (Å²) in [6.45, 7) is 4.62. The molecule has 1 nitrogen and oxygen atoms in total. The second-order valence-electron chi connectivity index (χ2n) is 3.89. The summed E-state index contributed by atoms with van der Waals surface area (Å²) in [5.41, 5.74) is 2.15. The summed E-state index contributed by atoms with van der Waals surface area (Å²) in [6.07, 6.45) is 0. The van der Waals surface area contributed by atoms with E-state index in [4.69, 9.17) is 16.3 Å². The van der Waals surface area contributed by atoms with Gasteiger partial charge in [-0.05, 0) is 59.1 Å². The van der Waals surface area contributed by atoms with Crippen LogP contribution in [0.1, 0.15) is 16.0 Å². The SMILES string of the molecule is Cc1cc(Cl)cc(C)c1OCc1cc(Br)cs1. The minimum atomic E-state index is 0.597. The molecule has 0 bridgehead atoms. The molecule has 4 heteroatoms. The van der Waals surface area contributed by atoms with Crippen LogP contribution in [0, 0.1) is 13.8 Å². The van der Waals surface area contributed by atoms with E-state index in [1.807, 2.05) is 26.0 Å². The molecule has 0 aliphatic rings. The Labute approximate surface area is 119 Å². The van der Waals surface area contributed by atoms with Gasteiger partial charge in [0.15, 0.2) is 0 Å². The molecule has 90 valence electrons. The average molecular weight is 332 g/mol. The molecule has 0 amide bonds. The van der Waals surface area contributed by atoms with E-state index >= 15 is 0 Å². The van der Waals surface area contributed by atoms with Gasteiger partial charge in [0, 0.05) is 19.8 Å². The molecule has 1 aromatic carbocycles. The summed E-state index contributed by atoms with van der Waals surface area (Å²) in [5.74, 6) is 0.930. The fourth-order valence-corrected chi connectivity index (χ4v) is 3.39. The number of thiophene rings is 1. The smallest absolute Gasteiger partial charge is 0.125 e. The Hall–Kier alpha value is -0.510. The molecule has 2 aromatic rings. The van der Waals surface area contributed by atoms with E-state index in [9.17, 15) is 0 Å². The van der Waals surface area contributed by atoms with E-state index < -0.39 is 0 Å². The molecule has 1 heterocycles. The molecular weight excluding hydrogens is 320 g/mol. The lowest BCUT2D eigenvalue weighted by Crippen LogP contribution is -1.97. The highest BCUT2D eigenvalue weighted by Crippen LogP contribution is 2.29. The summed E-state index contributed by atoms with van der Waals surface area (Å²) < 4.78 is 6.96. The van der Waals surface area contributed by atoms with Crippen molar-refractivity contribution in [1.29, 1.82) is 0 Å². The van der Waals surface area contributed by atoms with E-state index in [0.717, 1.165) is 26.4 Å². The molecule has 0 N–H and O–H groups in total. The van der Waals surface area contributed by atoms with Crippen LogP contribution in [0.4, 0.5) is 0 Å². The molecule has 0 saturated heterocycles. The Morgan fingerprint density at radius 2 is 1.88 bits per heavy atom. The predicted molar refractivity (Wildman–Crippen MR) is 77.3 cm³/mol. The maximum atomic E-state index is 5.98. The lowest BCUT2D eigenvalue weighted by Gasteiger charge is -2.11. The second kappa shape index (κ2) is 5.42. The Morgan fingerprint density at radius 3 is 2.41 bits per heavy atom. The highest BCUT2D eigenvalue weighted by atomic mass is 79.9. The van der Waals surface area contributed by atoms with Crippen molar-refractivity contribution in [1.82, 2.24) is 0 Å². The monoisotopic (exact) mass is 330 g/mol. The van der Waals surface area contributed by atoms with Crippen molar-refractivity contribution < 1.29 is 4.74 Å². The molecule has 17 heavy (non-hydrogen) atoms. The number of hydrogen-bond acceptors (Lipinski definition) is 2. The van der Waals surface area contributed by atoms with E-state index in [0.29, 0.717) is 6.61 Å². The van der Waals surface area contributed by atoms with Crippen LogP contribution in [-0.2, 0) is 6.61 Å². The Bertz CT molecular complexity index is 513. The van der Waals surface area contributed by atoms with Gasteiger partial charge < -0.3 is 4.74 Å². The molecule has 0 spiro atoms. The van der Waals surface area contributed by atoms with Crippen LogP contribution in [0.25, 0.3) is 0 Å². The van der Waals surface area contributed by atoms with Gasteiger partial charge >= 0.3 is 0 Å². The third-order valence-corrected chi connectivity index (χ3v) is 4.29. The number of ether oxygens (including phenoxy) is 1. The first kappa shape index (κ1) is 12.9. The highest BCUT2D eigenvalue weighted by molar-refractivity contribution is 9.10. The van der Waals surface area contributed by atoms with Gasteiger partial charge in [-0.2, -0.15) is 0 Å². The molecule has 0 aliphatic carbocycles. The highest BCUT2D eigenvalue weighted by Gasteiger charge is 2.06. The number of rotatable bonds is 3. The van der Waals surface area contributed by atoms with Crippen molar-refractivity contribution in [2.24, 2.45) is 0 Å². The molecule has 1 aromatic heterocycles. The Balaban J connectivity index is 2.14. The van der Waals surface area contributed by atoms with E-state index in [1.165, 1.54) is 4.88 Å². The van der Waals surface area contributed by atoms with Crippen molar-refractivity contribution in [3.8, 4) is 5.75 Å². The number of halogens is 2. The van der Waals surface area contributed by atoms with Gasteiger partial charge in [0.2, 0.25) is 0 Å². The summed E-state index contributed by atoms with van der Waals surface area (Å²) in [5, 5.41) is 2.81. The van der Waals surface area contributed by atoms with Crippen molar-refractivity contribution in [3.05, 3.63) is 49.1 Å². The molecule has 0 saturated carbocycles. The maximum Gasteiger partial charge on any atom is 0.125 e.